The summed E-state index contributed by atoms with van der Waals surface area (Å²) in [5.41, 5.74) is 2.94. The first-order valence-electron chi connectivity index (χ1n) is 5.41. The third-order valence-electron chi connectivity index (χ3n) is 2.72. The summed E-state index contributed by atoms with van der Waals surface area (Å²) >= 11 is 0. The lowest BCUT2D eigenvalue weighted by Gasteiger charge is -2.03. The predicted octanol–water partition coefficient (Wildman–Crippen LogP) is 2.77. The van der Waals surface area contributed by atoms with E-state index in [4.69, 9.17) is 4.74 Å². The van der Waals surface area contributed by atoms with Gasteiger partial charge in [-0.3, -0.25) is 4.98 Å². The van der Waals surface area contributed by atoms with E-state index in [1.807, 2.05) is 6.07 Å². The quantitative estimate of drug-likeness (QED) is 0.753. The molecule has 0 aliphatic rings. The summed E-state index contributed by atoms with van der Waals surface area (Å²) in [6, 6.07) is 6.64. The Morgan fingerprint density at radius 1 is 1.17 bits per heavy atom. The zero-order valence-corrected chi connectivity index (χ0v) is 9.64. The van der Waals surface area contributed by atoms with E-state index >= 15 is 0 Å². The summed E-state index contributed by atoms with van der Waals surface area (Å²) in [6.45, 7) is 0. The average molecular weight is 243 g/mol. The van der Waals surface area contributed by atoms with Crippen molar-refractivity contribution in [1.29, 1.82) is 0 Å². The zero-order valence-electron chi connectivity index (χ0n) is 9.64. The number of hydrogen-bond donors (Lipinski definition) is 1. The van der Waals surface area contributed by atoms with Gasteiger partial charge in [0.05, 0.1) is 7.11 Å². The molecule has 2 heterocycles. The van der Waals surface area contributed by atoms with Crippen LogP contribution in [-0.2, 0) is 0 Å². The molecule has 0 fully saturated rings. The highest BCUT2D eigenvalue weighted by atomic mass is 19.1. The fraction of sp³-hybridized carbons (Fsp3) is 0.0769. The largest absolute Gasteiger partial charge is 0.494 e. The number of aromatic amines is 1. The Bertz CT molecular complexity index is 675. The van der Waals surface area contributed by atoms with Crippen LogP contribution in [0, 0.1) is 5.82 Å². The number of halogens is 1. The minimum atomic E-state index is -0.394. The Kier molecular flexibility index (Phi) is 2.44. The van der Waals surface area contributed by atoms with E-state index in [0.717, 1.165) is 16.8 Å². The first-order valence-corrected chi connectivity index (χ1v) is 5.41. The minimum Gasteiger partial charge on any atom is -0.494 e. The molecule has 0 aliphatic heterocycles. The summed E-state index contributed by atoms with van der Waals surface area (Å²) < 4.78 is 18.5. The fourth-order valence-corrected chi connectivity index (χ4v) is 1.84. The average Bonchev–Trinajstić information content (AvgIpc) is 2.82. The highest BCUT2D eigenvalue weighted by molar-refractivity contribution is 5.79. The van der Waals surface area contributed by atoms with Gasteiger partial charge in [0.1, 0.15) is 5.52 Å². The Morgan fingerprint density at radius 3 is 2.72 bits per heavy atom. The highest BCUT2D eigenvalue weighted by Crippen LogP contribution is 2.26. The summed E-state index contributed by atoms with van der Waals surface area (Å²) in [7, 11) is 1.44. The molecule has 0 unspecified atom stereocenters. The first-order chi connectivity index (χ1) is 8.78. The van der Waals surface area contributed by atoms with Gasteiger partial charge < -0.3 is 9.72 Å². The van der Waals surface area contributed by atoms with E-state index in [0.29, 0.717) is 5.65 Å². The third kappa shape index (κ3) is 1.69. The van der Waals surface area contributed by atoms with Crippen molar-refractivity contribution in [2.75, 3.05) is 7.11 Å². The van der Waals surface area contributed by atoms with Gasteiger partial charge in [-0.05, 0) is 24.3 Å². The smallest absolute Gasteiger partial charge is 0.165 e. The van der Waals surface area contributed by atoms with Crippen molar-refractivity contribution in [2.45, 2.75) is 0 Å². The van der Waals surface area contributed by atoms with Crippen LogP contribution in [0.1, 0.15) is 0 Å². The molecule has 0 saturated heterocycles. The van der Waals surface area contributed by atoms with Gasteiger partial charge in [-0.1, -0.05) is 0 Å². The molecule has 1 N–H and O–H groups in total. The van der Waals surface area contributed by atoms with Gasteiger partial charge in [-0.15, -0.1) is 0 Å². The molecule has 3 rings (SSSR count). The maximum atomic E-state index is 13.6. The van der Waals surface area contributed by atoms with Gasteiger partial charge in [-0.25, -0.2) is 9.37 Å². The number of nitrogens with zero attached hydrogens (tertiary/aromatic N) is 2. The normalized spacial score (nSPS) is 10.8. The minimum absolute atomic E-state index is 0.228. The van der Waals surface area contributed by atoms with Crippen LogP contribution >= 0.6 is 0 Å². The second-order valence-corrected chi connectivity index (χ2v) is 3.82. The van der Waals surface area contributed by atoms with Crippen LogP contribution in [-0.4, -0.2) is 22.1 Å². The van der Waals surface area contributed by atoms with Crippen LogP contribution in [0.25, 0.3) is 22.4 Å². The molecular formula is C13H10FN3O. The predicted molar refractivity (Wildman–Crippen MR) is 65.8 cm³/mol. The van der Waals surface area contributed by atoms with Gasteiger partial charge in [0.2, 0.25) is 0 Å². The number of methoxy groups -OCH3 is 1. The summed E-state index contributed by atoms with van der Waals surface area (Å²) in [4.78, 5) is 11.4. The van der Waals surface area contributed by atoms with Crippen LogP contribution in [0.2, 0.25) is 0 Å². The molecule has 0 aliphatic carbocycles. The Balaban J connectivity index is 2.11. The summed E-state index contributed by atoms with van der Waals surface area (Å²) in [6.07, 6.45) is 3.23. The molecule has 18 heavy (non-hydrogen) atoms. The van der Waals surface area contributed by atoms with Gasteiger partial charge in [0.15, 0.2) is 17.2 Å². The monoisotopic (exact) mass is 243 g/mol. The molecular weight excluding hydrogens is 233 g/mol. The zero-order chi connectivity index (χ0) is 12.5. The van der Waals surface area contributed by atoms with E-state index in [9.17, 15) is 4.39 Å². The maximum absolute atomic E-state index is 13.6. The standard InChI is InChI=1S/C13H10FN3O/c1-18-12-3-2-8(6-9(12)14)10-7-11-13(17-10)16-5-4-15-11/h2-7H,1H3,(H,16,17). The number of hydrogen-bond acceptors (Lipinski definition) is 3. The number of H-pyrrole nitrogens is 1. The summed E-state index contributed by atoms with van der Waals surface area (Å²) in [5.74, 6) is -0.166. The van der Waals surface area contributed by atoms with Gasteiger partial charge in [0.25, 0.3) is 0 Å². The van der Waals surface area contributed by atoms with Crippen molar-refractivity contribution in [3.05, 3.63) is 42.5 Å². The van der Waals surface area contributed by atoms with Crippen molar-refractivity contribution >= 4 is 11.2 Å². The second kappa shape index (κ2) is 4.10. The molecule has 0 radical (unpaired) electrons. The number of benzene rings is 1. The lowest BCUT2D eigenvalue weighted by atomic mass is 10.1. The molecule has 0 atom stereocenters. The molecule has 0 spiro atoms. The maximum Gasteiger partial charge on any atom is 0.165 e. The van der Waals surface area contributed by atoms with Crippen molar-refractivity contribution in [3.63, 3.8) is 0 Å². The Labute approximate surface area is 102 Å². The molecule has 90 valence electrons. The SMILES string of the molecule is COc1ccc(-c2cc3nccnc3[nH]2)cc1F. The number of fused-ring (bicyclic) bond motifs is 1. The van der Waals surface area contributed by atoms with Crippen molar-refractivity contribution in [1.82, 2.24) is 15.0 Å². The number of aromatic nitrogens is 3. The van der Waals surface area contributed by atoms with E-state index < -0.39 is 5.82 Å². The van der Waals surface area contributed by atoms with E-state index in [1.165, 1.54) is 13.2 Å². The fourth-order valence-electron chi connectivity index (χ4n) is 1.84. The van der Waals surface area contributed by atoms with E-state index in [-0.39, 0.29) is 5.75 Å². The molecule has 0 bridgehead atoms. The number of nitrogens with one attached hydrogen (secondary N) is 1. The number of rotatable bonds is 2. The molecule has 4 nitrogen and oxygen atoms in total. The lowest BCUT2D eigenvalue weighted by molar-refractivity contribution is 0.386. The van der Waals surface area contributed by atoms with Gasteiger partial charge in [-0.2, -0.15) is 0 Å². The van der Waals surface area contributed by atoms with E-state index in [1.54, 1.807) is 24.5 Å². The second-order valence-electron chi connectivity index (χ2n) is 3.82. The van der Waals surface area contributed by atoms with Crippen LogP contribution in [0.5, 0.6) is 5.75 Å². The molecule has 1 aromatic carbocycles. The van der Waals surface area contributed by atoms with Gasteiger partial charge in [0, 0.05) is 23.7 Å². The van der Waals surface area contributed by atoms with Crippen molar-refractivity contribution in [3.8, 4) is 17.0 Å². The number of ether oxygens (including phenoxy) is 1. The molecule has 0 saturated carbocycles. The van der Waals surface area contributed by atoms with Crippen LogP contribution in [0.3, 0.4) is 0 Å². The topological polar surface area (TPSA) is 50.8 Å². The summed E-state index contributed by atoms with van der Waals surface area (Å²) in [5, 5.41) is 0. The molecule has 2 aromatic heterocycles. The molecule has 0 amide bonds. The molecule has 5 heteroatoms. The van der Waals surface area contributed by atoms with Crippen LogP contribution in [0.15, 0.2) is 36.7 Å². The third-order valence-corrected chi connectivity index (χ3v) is 2.72. The van der Waals surface area contributed by atoms with Crippen LogP contribution in [0.4, 0.5) is 4.39 Å². The van der Waals surface area contributed by atoms with Crippen molar-refractivity contribution in [2.24, 2.45) is 0 Å². The lowest BCUT2D eigenvalue weighted by Crippen LogP contribution is -1.88. The Morgan fingerprint density at radius 2 is 2.00 bits per heavy atom. The van der Waals surface area contributed by atoms with Crippen molar-refractivity contribution < 1.29 is 9.13 Å². The van der Waals surface area contributed by atoms with Gasteiger partial charge >= 0.3 is 0 Å². The highest BCUT2D eigenvalue weighted by Gasteiger charge is 2.08. The van der Waals surface area contributed by atoms with Crippen LogP contribution < -0.4 is 4.74 Å². The van der Waals surface area contributed by atoms with E-state index in [2.05, 4.69) is 15.0 Å². The Hall–Kier alpha value is -2.43. The first kappa shape index (κ1) is 10.7. The molecule has 3 aromatic rings.